The molecule has 0 saturated carbocycles. The molecule has 1 aromatic heterocycles. The number of amides is 1. The van der Waals surface area contributed by atoms with Crippen molar-refractivity contribution >= 4 is 22.5 Å². The van der Waals surface area contributed by atoms with E-state index >= 15 is 0 Å². The van der Waals surface area contributed by atoms with Crippen LogP contribution >= 0.6 is 0 Å². The van der Waals surface area contributed by atoms with Gasteiger partial charge in [-0.1, -0.05) is 19.3 Å². The highest BCUT2D eigenvalue weighted by molar-refractivity contribution is 5.98. The van der Waals surface area contributed by atoms with Crippen molar-refractivity contribution in [2.24, 2.45) is 0 Å². The van der Waals surface area contributed by atoms with Crippen LogP contribution in [0.2, 0.25) is 0 Å². The SMILES string of the molecule is Nc1ccc2[nH]c(C(=O)N3CCCCCCC3)cc2c1. The summed E-state index contributed by atoms with van der Waals surface area (Å²) in [4.78, 5) is 17.8. The maximum Gasteiger partial charge on any atom is 0.270 e. The van der Waals surface area contributed by atoms with E-state index in [0.717, 1.165) is 42.5 Å². The third-order valence-electron chi connectivity index (χ3n) is 4.02. The maximum absolute atomic E-state index is 12.6. The average Bonchev–Trinajstić information content (AvgIpc) is 2.80. The molecule has 4 heteroatoms. The number of nitrogen functional groups attached to an aromatic ring is 1. The third-order valence-corrected chi connectivity index (χ3v) is 4.02. The van der Waals surface area contributed by atoms with Crippen molar-refractivity contribution < 1.29 is 4.79 Å². The molecule has 0 unspecified atom stereocenters. The molecule has 0 radical (unpaired) electrons. The molecule has 106 valence electrons. The Labute approximate surface area is 118 Å². The second-order valence-electron chi connectivity index (χ2n) is 5.59. The lowest BCUT2D eigenvalue weighted by atomic mass is 10.1. The summed E-state index contributed by atoms with van der Waals surface area (Å²) < 4.78 is 0. The lowest BCUT2D eigenvalue weighted by molar-refractivity contribution is 0.0737. The Kier molecular flexibility index (Phi) is 3.63. The molecule has 0 atom stereocenters. The van der Waals surface area contributed by atoms with Crippen molar-refractivity contribution in [1.82, 2.24) is 9.88 Å². The van der Waals surface area contributed by atoms with Crippen molar-refractivity contribution in [3.8, 4) is 0 Å². The van der Waals surface area contributed by atoms with E-state index in [-0.39, 0.29) is 5.91 Å². The summed E-state index contributed by atoms with van der Waals surface area (Å²) in [7, 11) is 0. The number of carbonyl (C=O) groups excluding carboxylic acids is 1. The molecule has 0 bridgehead atoms. The van der Waals surface area contributed by atoms with Crippen molar-refractivity contribution in [2.45, 2.75) is 32.1 Å². The average molecular weight is 271 g/mol. The number of hydrogen-bond acceptors (Lipinski definition) is 2. The number of nitrogens with zero attached hydrogens (tertiary/aromatic N) is 1. The van der Waals surface area contributed by atoms with E-state index in [1.807, 2.05) is 29.2 Å². The van der Waals surface area contributed by atoms with Gasteiger partial charge in [-0.15, -0.1) is 0 Å². The molecular weight excluding hydrogens is 250 g/mol. The summed E-state index contributed by atoms with van der Waals surface area (Å²) >= 11 is 0. The molecule has 3 N–H and O–H groups in total. The Hall–Kier alpha value is -1.97. The van der Waals surface area contributed by atoms with Crippen LogP contribution in [0, 0.1) is 0 Å². The second-order valence-corrected chi connectivity index (χ2v) is 5.59. The highest BCUT2D eigenvalue weighted by Crippen LogP contribution is 2.20. The molecule has 20 heavy (non-hydrogen) atoms. The lowest BCUT2D eigenvalue weighted by Crippen LogP contribution is -2.33. The summed E-state index contributed by atoms with van der Waals surface area (Å²) in [6.07, 6.45) is 5.98. The number of carbonyl (C=O) groups is 1. The highest BCUT2D eigenvalue weighted by Gasteiger charge is 2.18. The van der Waals surface area contributed by atoms with E-state index in [1.54, 1.807) is 0 Å². The number of H-pyrrole nitrogens is 1. The molecule has 2 aromatic rings. The topological polar surface area (TPSA) is 62.1 Å². The third kappa shape index (κ3) is 2.64. The van der Waals surface area contributed by atoms with Gasteiger partial charge < -0.3 is 15.6 Å². The minimum Gasteiger partial charge on any atom is -0.399 e. The number of aromatic nitrogens is 1. The summed E-state index contributed by atoms with van der Waals surface area (Å²) in [6.45, 7) is 1.74. The van der Waals surface area contributed by atoms with E-state index < -0.39 is 0 Å². The first-order valence-electron chi connectivity index (χ1n) is 7.41. The Balaban J connectivity index is 1.83. The summed E-state index contributed by atoms with van der Waals surface area (Å²) in [6, 6.07) is 7.58. The number of benzene rings is 1. The number of anilines is 1. The van der Waals surface area contributed by atoms with Gasteiger partial charge >= 0.3 is 0 Å². The molecule has 1 aliphatic rings. The molecule has 1 fully saturated rings. The Morgan fingerprint density at radius 3 is 2.50 bits per heavy atom. The first-order valence-corrected chi connectivity index (χ1v) is 7.41. The molecule has 0 spiro atoms. The van der Waals surface area contributed by atoms with Gasteiger partial charge in [0.2, 0.25) is 0 Å². The molecule has 1 saturated heterocycles. The number of likely N-dealkylation sites (tertiary alicyclic amines) is 1. The quantitative estimate of drug-likeness (QED) is 0.783. The standard InChI is InChI=1S/C16H21N3O/c17-13-6-7-14-12(10-13)11-15(18-14)16(20)19-8-4-2-1-3-5-9-19/h6-7,10-11,18H,1-5,8-9,17H2. The van der Waals surface area contributed by atoms with Crippen LogP contribution in [-0.2, 0) is 0 Å². The van der Waals surface area contributed by atoms with Crippen molar-refractivity contribution in [2.75, 3.05) is 18.8 Å². The van der Waals surface area contributed by atoms with Crippen LogP contribution in [0.5, 0.6) is 0 Å². The van der Waals surface area contributed by atoms with E-state index in [0.29, 0.717) is 5.69 Å². The number of nitrogens with one attached hydrogen (secondary N) is 1. The molecule has 0 aliphatic carbocycles. The van der Waals surface area contributed by atoms with E-state index in [1.165, 1.54) is 19.3 Å². The minimum absolute atomic E-state index is 0.113. The monoisotopic (exact) mass is 271 g/mol. The Morgan fingerprint density at radius 2 is 1.75 bits per heavy atom. The summed E-state index contributed by atoms with van der Waals surface area (Å²) in [5.74, 6) is 0.113. The molecule has 1 aliphatic heterocycles. The first kappa shape index (κ1) is 13.0. The maximum atomic E-state index is 12.6. The fourth-order valence-electron chi connectivity index (χ4n) is 2.89. The zero-order valence-electron chi connectivity index (χ0n) is 11.7. The molecule has 2 heterocycles. The van der Waals surface area contributed by atoms with Gasteiger partial charge in [0.15, 0.2) is 0 Å². The first-order chi connectivity index (χ1) is 9.74. The fraction of sp³-hybridized carbons (Fsp3) is 0.438. The van der Waals surface area contributed by atoms with Gasteiger partial charge in [-0.05, 0) is 37.1 Å². The molecule has 1 aromatic carbocycles. The van der Waals surface area contributed by atoms with Gasteiger partial charge in [0, 0.05) is 29.7 Å². The number of nitrogens with two attached hydrogens (primary N) is 1. The second kappa shape index (κ2) is 5.57. The van der Waals surface area contributed by atoms with Crippen LogP contribution in [-0.4, -0.2) is 28.9 Å². The van der Waals surface area contributed by atoms with Crippen LogP contribution < -0.4 is 5.73 Å². The summed E-state index contributed by atoms with van der Waals surface area (Å²) in [5, 5.41) is 1.00. The van der Waals surface area contributed by atoms with Gasteiger partial charge in [-0.25, -0.2) is 0 Å². The van der Waals surface area contributed by atoms with Gasteiger partial charge in [0.05, 0.1) is 0 Å². The van der Waals surface area contributed by atoms with Crippen LogP contribution in [0.4, 0.5) is 5.69 Å². The number of fused-ring (bicyclic) bond motifs is 1. The van der Waals surface area contributed by atoms with Gasteiger partial charge in [0.25, 0.3) is 5.91 Å². The zero-order chi connectivity index (χ0) is 13.9. The largest absolute Gasteiger partial charge is 0.399 e. The molecule has 3 rings (SSSR count). The van der Waals surface area contributed by atoms with Crippen molar-refractivity contribution in [3.63, 3.8) is 0 Å². The van der Waals surface area contributed by atoms with E-state index in [9.17, 15) is 4.79 Å². The van der Waals surface area contributed by atoms with Gasteiger partial charge in [0.1, 0.15) is 5.69 Å². The van der Waals surface area contributed by atoms with Crippen LogP contribution in [0.15, 0.2) is 24.3 Å². The lowest BCUT2D eigenvalue weighted by Gasteiger charge is -2.24. The van der Waals surface area contributed by atoms with Crippen LogP contribution in [0.25, 0.3) is 10.9 Å². The fourth-order valence-corrected chi connectivity index (χ4v) is 2.89. The Bertz CT molecular complexity index is 609. The summed E-state index contributed by atoms with van der Waals surface area (Å²) in [5.41, 5.74) is 8.14. The number of hydrogen-bond donors (Lipinski definition) is 2. The van der Waals surface area contributed by atoms with Crippen LogP contribution in [0.1, 0.15) is 42.6 Å². The van der Waals surface area contributed by atoms with Crippen LogP contribution in [0.3, 0.4) is 0 Å². The molecular formula is C16H21N3O. The zero-order valence-corrected chi connectivity index (χ0v) is 11.7. The Morgan fingerprint density at radius 1 is 1.05 bits per heavy atom. The van der Waals surface area contributed by atoms with Gasteiger partial charge in [-0.2, -0.15) is 0 Å². The van der Waals surface area contributed by atoms with Crippen molar-refractivity contribution in [3.05, 3.63) is 30.0 Å². The number of rotatable bonds is 1. The van der Waals surface area contributed by atoms with Gasteiger partial charge in [-0.3, -0.25) is 4.79 Å². The normalized spacial score (nSPS) is 16.9. The molecule has 1 amide bonds. The van der Waals surface area contributed by atoms with Crippen molar-refractivity contribution in [1.29, 1.82) is 0 Å². The predicted molar refractivity (Wildman–Crippen MR) is 81.7 cm³/mol. The smallest absolute Gasteiger partial charge is 0.270 e. The highest BCUT2D eigenvalue weighted by atomic mass is 16.2. The van der Waals surface area contributed by atoms with E-state index in [2.05, 4.69) is 4.98 Å². The minimum atomic E-state index is 0.113. The van der Waals surface area contributed by atoms with E-state index in [4.69, 9.17) is 5.73 Å². The number of aromatic amines is 1. The molecule has 4 nitrogen and oxygen atoms in total. The predicted octanol–water partition coefficient (Wildman–Crippen LogP) is 3.16.